The molecule has 1 aromatic carbocycles. The number of amides is 3. The molecule has 0 radical (unpaired) electrons. The van der Waals surface area contributed by atoms with Crippen LogP contribution in [0.2, 0.25) is 0 Å². The predicted octanol–water partition coefficient (Wildman–Crippen LogP) is 1.27. The summed E-state index contributed by atoms with van der Waals surface area (Å²) in [4.78, 5) is 51.8. The molecule has 0 spiro atoms. The highest BCUT2D eigenvalue weighted by molar-refractivity contribution is 6.20. The summed E-state index contributed by atoms with van der Waals surface area (Å²) < 4.78 is 4.95. The van der Waals surface area contributed by atoms with Crippen LogP contribution < -0.4 is 5.32 Å². The lowest BCUT2D eigenvalue weighted by Crippen LogP contribution is -2.39. The molecule has 1 aromatic rings. The van der Waals surface area contributed by atoms with E-state index < -0.39 is 36.0 Å². The van der Waals surface area contributed by atoms with Crippen molar-refractivity contribution in [3.8, 4) is 0 Å². The second-order valence-corrected chi connectivity index (χ2v) is 5.77. The average Bonchev–Trinajstić information content (AvgIpc) is 2.69. The number of hydrogen-bond donors (Lipinski definition) is 1. The third-order valence-corrected chi connectivity index (χ3v) is 2.73. The largest absolute Gasteiger partial charge is 0.444 e. The summed E-state index contributed by atoms with van der Waals surface area (Å²) in [6, 6.07) is 6.11. The van der Waals surface area contributed by atoms with E-state index in [0.29, 0.717) is 5.06 Å². The van der Waals surface area contributed by atoms with Gasteiger partial charge < -0.3 is 14.9 Å². The van der Waals surface area contributed by atoms with E-state index in [-0.39, 0.29) is 11.1 Å². The van der Waals surface area contributed by atoms with Crippen LogP contribution in [0.15, 0.2) is 24.3 Å². The van der Waals surface area contributed by atoms with E-state index >= 15 is 0 Å². The molecule has 0 fully saturated rings. The van der Waals surface area contributed by atoms with E-state index in [4.69, 9.17) is 9.57 Å². The number of rotatable bonds is 3. The number of imide groups is 1. The van der Waals surface area contributed by atoms with Gasteiger partial charge >= 0.3 is 12.1 Å². The Morgan fingerprint density at radius 2 is 1.61 bits per heavy atom. The van der Waals surface area contributed by atoms with Crippen molar-refractivity contribution < 1.29 is 28.8 Å². The van der Waals surface area contributed by atoms with Gasteiger partial charge in [0.2, 0.25) is 0 Å². The predicted molar refractivity (Wildman–Crippen MR) is 77.3 cm³/mol. The van der Waals surface area contributed by atoms with Gasteiger partial charge in [0.05, 0.1) is 11.1 Å². The fourth-order valence-electron chi connectivity index (χ4n) is 1.84. The molecule has 0 aliphatic carbocycles. The van der Waals surface area contributed by atoms with E-state index in [0.717, 1.165) is 0 Å². The van der Waals surface area contributed by atoms with Crippen molar-refractivity contribution in [2.45, 2.75) is 26.4 Å². The topological polar surface area (TPSA) is 102 Å². The molecule has 0 saturated heterocycles. The highest BCUT2D eigenvalue weighted by atomic mass is 16.7. The van der Waals surface area contributed by atoms with E-state index in [1.54, 1.807) is 32.9 Å². The number of fused-ring (bicyclic) bond motifs is 1. The van der Waals surface area contributed by atoms with E-state index in [2.05, 4.69) is 5.32 Å². The van der Waals surface area contributed by atoms with Crippen LogP contribution in [0.5, 0.6) is 0 Å². The Morgan fingerprint density at radius 1 is 1.09 bits per heavy atom. The van der Waals surface area contributed by atoms with Crippen LogP contribution in [-0.4, -0.2) is 41.1 Å². The maximum absolute atomic E-state index is 12.0. The molecule has 0 bridgehead atoms. The standard InChI is InChI=1S/C15H16N2O6/c1-15(2,3)22-14(21)16-8-11(18)23-17-12(19)9-6-4-5-7-10(9)13(17)20/h4-7H,8H2,1-3H3,(H,16,21). The van der Waals surface area contributed by atoms with E-state index in [1.807, 2.05) is 0 Å². The molecule has 0 aromatic heterocycles. The van der Waals surface area contributed by atoms with Crippen molar-refractivity contribution in [1.29, 1.82) is 0 Å². The van der Waals surface area contributed by atoms with Gasteiger partial charge in [-0.3, -0.25) is 9.59 Å². The summed E-state index contributed by atoms with van der Waals surface area (Å²) in [6.07, 6.45) is -0.809. The lowest BCUT2D eigenvalue weighted by Gasteiger charge is -2.19. The van der Waals surface area contributed by atoms with Gasteiger partial charge in [-0.05, 0) is 32.9 Å². The minimum absolute atomic E-state index is 0.158. The second kappa shape index (κ2) is 6.07. The van der Waals surface area contributed by atoms with Crippen molar-refractivity contribution >= 4 is 23.9 Å². The SMILES string of the molecule is CC(C)(C)OC(=O)NCC(=O)ON1C(=O)c2ccccc2C1=O. The van der Waals surface area contributed by atoms with Gasteiger partial charge in [0, 0.05) is 0 Å². The first-order chi connectivity index (χ1) is 10.7. The fourth-order valence-corrected chi connectivity index (χ4v) is 1.84. The van der Waals surface area contributed by atoms with Crippen LogP contribution in [0.3, 0.4) is 0 Å². The molecule has 1 heterocycles. The molecule has 0 atom stereocenters. The monoisotopic (exact) mass is 320 g/mol. The van der Waals surface area contributed by atoms with Gasteiger partial charge in [0.25, 0.3) is 11.8 Å². The van der Waals surface area contributed by atoms with Crippen LogP contribution in [-0.2, 0) is 14.4 Å². The Balaban J connectivity index is 1.91. The summed E-state index contributed by atoms with van der Waals surface area (Å²) in [6.45, 7) is 4.47. The molecule has 23 heavy (non-hydrogen) atoms. The van der Waals surface area contributed by atoms with Gasteiger partial charge in [0.1, 0.15) is 12.1 Å². The molecular formula is C15H16N2O6. The maximum Gasteiger partial charge on any atom is 0.408 e. The normalized spacial score (nSPS) is 13.6. The van der Waals surface area contributed by atoms with Gasteiger partial charge in [-0.2, -0.15) is 0 Å². The van der Waals surface area contributed by atoms with Crippen molar-refractivity contribution in [1.82, 2.24) is 10.4 Å². The Labute approximate surface area is 132 Å². The number of hydrogen-bond acceptors (Lipinski definition) is 6. The molecule has 1 N–H and O–H groups in total. The third-order valence-electron chi connectivity index (χ3n) is 2.73. The fraction of sp³-hybridized carbons (Fsp3) is 0.333. The molecule has 8 heteroatoms. The number of benzene rings is 1. The zero-order valence-corrected chi connectivity index (χ0v) is 12.9. The van der Waals surface area contributed by atoms with Crippen molar-refractivity contribution in [3.63, 3.8) is 0 Å². The smallest absolute Gasteiger partial charge is 0.408 e. The van der Waals surface area contributed by atoms with Crippen molar-refractivity contribution in [3.05, 3.63) is 35.4 Å². The zero-order valence-electron chi connectivity index (χ0n) is 12.9. The highest BCUT2D eigenvalue weighted by Gasteiger charge is 2.38. The first kappa shape index (κ1) is 16.5. The molecule has 0 saturated carbocycles. The first-order valence-corrected chi connectivity index (χ1v) is 6.84. The number of ether oxygens (including phenoxy) is 1. The van der Waals surface area contributed by atoms with Gasteiger partial charge in [0.15, 0.2) is 0 Å². The molecule has 3 amide bonds. The average molecular weight is 320 g/mol. The zero-order chi connectivity index (χ0) is 17.2. The van der Waals surface area contributed by atoms with Gasteiger partial charge in [-0.25, -0.2) is 9.59 Å². The lowest BCUT2D eigenvalue weighted by molar-refractivity contribution is -0.167. The lowest BCUT2D eigenvalue weighted by atomic mass is 10.1. The minimum Gasteiger partial charge on any atom is -0.444 e. The van der Waals surface area contributed by atoms with Crippen LogP contribution in [0.25, 0.3) is 0 Å². The molecule has 1 aliphatic rings. The number of nitrogens with one attached hydrogen (secondary N) is 1. The first-order valence-electron chi connectivity index (χ1n) is 6.84. The summed E-state index contributed by atoms with van der Waals surface area (Å²) in [5.74, 6) is -2.42. The molecule has 0 unspecified atom stereocenters. The van der Waals surface area contributed by atoms with Crippen LogP contribution >= 0.6 is 0 Å². The Bertz CT molecular complexity index is 642. The summed E-state index contributed by atoms with van der Waals surface area (Å²) in [5.41, 5.74) is -0.396. The molecule has 122 valence electrons. The second-order valence-electron chi connectivity index (χ2n) is 5.77. The van der Waals surface area contributed by atoms with Crippen LogP contribution in [0.4, 0.5) is 4.79 Å². The summed E-state index contributed by atoms with van der Waals surface area (Å²) >= 11 is 0. The number of nitrogens with zero attached hydrogens (tertiary/aromatic N) is 1. The number of carbonyl (C=O) groups is 4. The summed E-state index contributed by atoms with van der Waals surface area (Å²) in [5, 5.41) is 2.56. The van der Waals surface area contributed by atoms with E-state index in [9.17, 15) is 19.2 Å². The molecule has 8 nitrogen and oxygen atoms in total. The van der Waals surface area contributed by atoms with Crippen LogP contribution in [0.1, 0.15) is 41.5 Å². The number of carbonyl (C=O) groups excluding carboxylic acids is 4. The number of alkyl carbamates (subject to hydrolysis) is 1. The number of hydroxylamine groups is 2. The van der Waals surface area contributed by atoms with Crippen molar-refractivity contribution in [2.24, 2.45) is 0 Å². The summed E-state index contributed by atoms with van der Waals surface area (Å²) in [7, 11) is 0. The minimum atomic E-state index is -0.967. The highest BCUT2D eigenvalue weighted by Crippen LogP contribution is 2.22. The van der Waals surface area contributed by atoms with Crippen LogP contribution in [0, 0.1) is 0 Å². The quantitative estimate of drug-likeness (QED) is 0.841. The third kappa shape index (κ3) is 3.85. The molecule has 2 rings (SSSR count). The molecular weight excluding hydrogens is 304 g/mol. The Kier molecular flexibility index (Phi) is 4.35. The molecule has 1 aliphatic heterocycles. The van der Waals surface area contributed by atoms with Crippen molar-refractivity contribution in [2.75, 3.05) is 6.54 Å². The Hall–Kier alpha value is -2.90. The maximum atomic E-state index is 12.0. The van der Waals surface area contributed by atoms with E-state index in [1.165, 1.54) is 12.1 Å². The van der Waals surface area contributed by atoms with Gasteiger partial charge in [-0.1, -0.05) is 17.2 Å². The van der Waals surface area contributed by atoms with Gasteiger partial charge in [-0.15, -0.1) is 0 Å². The Morgan fingerprint density at radius 3 is 2.09 bits per heavy atom.